The molecule has 1 N–H and O–H groups in total. The predicted molar refractivity (Wildman–Crippen MR) is 88.0 cm³/mol. The molecule has 0 fully saturated rings. The SMILES string of the molecule is CC1=CC=CC1c1ccccc1C(C)(C)NC(C)(C)C. The molecule has 1 atom stereocenters. The summed E-state index contributed by atoms with van der Waals surface area (Å²) in [6, 6.07) is 8.81. The van der Waals surface area contributed by atoms with Gasteiger partial charge in [0.2, 0.25) is 0 Å². The van der Waals surface area contributed by atoms with Gasteiger partial charge in [-0.15, -0.1) is 0 Å². The fourth-order valence-electron chi connectivity index (χ4n) is 3.27. The molecule has 1 unspecified atom stereocenters. The van der Waals surface area contributed by atoms with Crippen molar-refractivity contribution in [3.05, 3.63) is 59.2 Å². The fraction of sp³-hybridized carbons (Fsp3) is 0.474. The number of allylic oxidation sites excluding steroid dienone is 4. The largest absolute Gasteiger partial charge is 0.303 e. The molecule has 1 aromatic rings. The van der Waals surface area contributed by atoms with Crippen molar-refractivity contribution in [1.29, 1.82) is 0 Å². The summed E-state index contributed by atoms with van der Waals surface area (Å²) < 4.78 is 0. The van der Waals surface area contributed by atoms with Gasteiger partial charge in [0, 0.05) is 17.0 Å². The summed E-state index contributed by atoms with van der Waals surface area (Å²) in [7, 11) is 0. The Bertz CT molecular complexity index is 541. The lowest BCUT2D eigenvalue weighted by molar-refractivity contribution is 0.285. The first kappa shape index (κ1) is 15.1. The Balaban J connectivity index is 2.42. The van der Waals surface area contributed by atoms with Crippen molar-refractivity contribution in [2.24, 2.45) is 0 Å². The lowest BCUT2D eigenvalue weighted by Crippen LogP contribution is -2.48. The van der Waals surface area contributed by atoms with Crippen LogP contribution in [0.1, 0.15) is 58.6 Å². The predicted octanol–water partition coefficient (Wildman–Crippen LogP) is 4.91. The average molecular weight is 269 g/mol. The molecule has 2 rings (SSSR count). The van der Waals surface area contributed by atoms with Crippen LogP contribution >= 0.6 is 0 Å². The van der Waals surface area contributed by atoms with Crippen molar-refractivity contribution in [2.45, 2.75) is 58.5 Å². The summed E-state index contributed by atoms with van der Waals surface area (Å²) in [5.74, 6) is 0.423. The molecule has 0 aromatic heterocycles. The van der Waals surface area contributed by atoms with E-state index in [2.05, 4.69) is 89.4 Å². The molecule has 0 spiro atoms. The Morgan fingerprint density at radius 1 is 1.00 bits per heavy atom. The Morgan fingerprint density at radius 2 is 1.65 bits per heavy atom. The minimum Gasteiger partial charge on any atom is -0.303 e. The van der Waals surface area contributed by atoms with E-state index in [1.165, 1.54) is 16.7 Å². The molecule has 0 heterocycles. The van der Waals surface area contributed by atoms with Crippen LogP contribution in [0.15, 0.2) is 48.1 Å². The van der Waals surface area contributed by atoms with Gasteiger partial charge in [-0.1, -0.05) is 48.1 Å². The smallest absolute Gasteiger partial charge is 0.0384 e. The third-order valence-corrected chi connectivity index (χ3v) is 3.81. The van der Waals surface area contributed by atoms with Crippen LogP contribution in [0.2, 0.25) is 0 Å². The van der Waals surface area contributed by atoms with E-state index >= 15 is 0 Å². The maximum absolute atomic E-state index is 3.75. The van der Waals surface area contributed by atoms with Gasteiger partial charge in [0.1, 0.15) is 0 Å². The third kappa shape index (κ3) is 3.21. The van der Waals surface area contributed by atoms with E-state index in [-0.39, 0.29) is 11.1 Å². The molecule has 0 amide bonds. The van der Waals surface area contributed by atoms with E-state index in [1.807, 2.05) is 0 Å². The minimum atomic E-state index is -0.0500. The second kappa shape index (κ2) is 5.21. The van der Waals surface area contributed by atoms with Gasteiger partial charge in [-0.2, -0.15) is 0 Å². The van der Waals surface area contributed by atoms with Gasteiger partial charge in [-0.3, -0.25) is 0 Å². The second-order valence-corrected chi connectivity index (χ2v) is 7.36. The van der Waals surface area contributed by atoms with Gasteiger partial charge in [0.25, 0.3) is 0 Å². The summed E-state index contributed by atoms with van der Waals surface area (Å²) in [6.07, 6.45) is 6.67. The van der Waals surface area contributed by atoms with E-state index in [1.54, 1.807) is 0 Å². The molecule has 108 valence electrons. The maximum Gasteiger partial charge on any atom is 0.0384 e. The van der Waals surface area contributed by atoms with Crippen LogP contribution in [-0.4, -0.2) is 5.54 Å². The number of benzene rings is 1. The molecular formula is C19H27N. The van der Waals surface area contributed by atoms with Crippen molar-refractivity contribution in [1.82, 2.24) is 5.32 Å². The summed E-state index contributed by atoms with van der Waals surface area (Å²) >= 11 is 0. The molecule has 0 saturated heterocycles. The third-order valence-electron chi connectivity index (χ3n) is 3.81. The van der Waals surface area contributed by atoms with E-state index in [9.17, 15) is 0 Å². The van der Waals surface area contributed by atoms with Gasteiger partial charge in [-0.05, 0) is 52.7 Å². The molecule has 0 radical (unpaired) electrons. The molecule has 1 heteroatoms. The summed E-state index contributed by atoms with van der Waals surface area (Å²) in [6.45, 7) is 13.4. The molecule has 1 aliphatic carbocycles. The van der Waals surface area contributed by atoms with Crippen molar-refractivity contribution < 1.29 is 0 Å². The van der Waals surface area contributed by atoms with Crippen LogP contribution in [0.5, 0.6) is 0 Å². The highest BCUT2D eigenvalue weighted by Gasteiger charge is 2.30. The van der Waals surface area contributed by atoms with Crippen LogP contribution in [-0.2, 0) is 5.54 Å². The van der Waals surface area contributed by atoms with Crippen LogP contribution in [0.25, 0.3) is 0 Å². The molecule has 0 aliphatic heterocycles. The van der Waals surface area contributed by atoms with Gasteiger partial charge < -0.3 is 5.32 Å². The first-order valence-electron chi connectivity index (χ1n) is 7.44. The van der Waals surface area contributed by atoms with Crippen molar-refractivity contribution in [2.75, 3.05) is 0 Å². The Hall–Kier alpha value is -1.34. The van der Waals surface area contributed by atoms with Crippen LogP contribution in [0, 0.1) is 0 Å². The summed E-state index contributed by atoms with van der Waals surface area (Å²) in [5, 5.41) is 3.75. The van der Waals surface area contributed by atoms with Gasteiger partial charge in [-0.25, -0.2) is 0 Å². The van der Waals surface area contributed by atoms with Crippen molar-refractivity contribution in [3.63, 3.8) is 0 Å². The van der Waals surface area contributed by atoms with Gasteiger partial charge >= 0.3 is 0 Å². The molecule has 1 nitrogen and oxygen atoms in total. The maximum atomic E-state index is 3.75. The quantitative estimate of drug-likeness (QED) is 0.822. The van der Waals surface area contributed by atoms with E-state index in [0.717, 1.165) is 0 Å². The number of hydrogen-bond donors (Lipinski definition) is 1. The van der Waals surface area contributed by atoms with Crippen LogP contribution in [0.3, 0.4) is 0 Å². The van der Waals surface area contributed by atoms with Crippen LogP contribution < -0.4 is 5.32 Å². The van der Waals surface area contributed by atoms with Crippen molar-refractivity contribution in [3.8, 4) is 0 Å². The highest BCUT2D eigenvalue weighted by Crippen LogP contribution is 2.36. The van der Waals surface area contributed by atoms with Crippen LogP contribution in [0.4, 0.5) is 0 Å². The molecule has 1 aromatic carbocycles. The van der Waals surface area contributed by atoms with E-state index in [4.69, 9.17) is 0 Å². The lowest BCUT2D eigenvalue weighted by atomic mass is 9.82. The average Bonchev–Trinajstić information content (AvgIpc) is 2.72. The minimum absolute atomic E-state index is 0.0500. The lowest BCUT2D eigenvalue weighted by Gasteiger charge is -2.37. The van der Waals surface area contributed by atoms with E-state index < -0.39 is 0 Å². The van der Waals surface area contributed by atoms with Gasteiger partial charge in [0.05, 0.1) is 0 Å². The number of nitrogens with one attached hydrogen (secondary N) is 1. The summed E-state index contributed by atoms with van der Waals surface area (Å²) in [5.41, 5.74) is 4.26. The molecule has 1 aliphatic rings. The normalized spacial score (nSPS) is 19.3. The first-order chi connectivity index (χ1) is 9.21. The van der Waals surface area contributed by atoms with Crippen molar-refractivity contribution >= 4 is 0 Å². The number of rotatable bonds is 3. The monoisotopic (exact) mass is 269 g/mol. The number of hydrogen-bond acceptors (Lipinski definition) is 1. The zero-order valence-corrected chi connectivity index (χ0v) is 13.6. The molecule has 20 heavy (non-hydrogen) atoms. The fourth-order valence-corrected chi connectivity index (χ4v) is 3.27. The zero-order chi connectivity index (χ0) is 15.0. The highest BCUT2D eigenvalue weighted by atomic mass is 15.0. The summed E-state index contributed by atoms with van der Waals surface area (Å²) in [4.78, 5) is 0. The topological polar surface area (TPSA) is 12.0 Å². The Labute approximate surface area is 123 Å². The van der Waals surface area contributed by atoms with Gasteiger partial charge in [0.15, 0.2) is 0 Å². The zero-order valence-electron chi connectivity index (χ0n) is 13.6. The molecule has 0 saturated carbocycles. The standard InChI is InChI=1S/C19H27N/c1-14-10-9-12-15(14)16-11-7-8-13-17(16)19(5,6)20-18(2,3)4/h7-13,15,20H,1-6H3. The molecule has 0 bridgehead atoms. The molecular weight excluding hydrogens is 242 g/mol. The Morgan fingerprint density at radius 3 is 2.20 bits per heavy atom. The highest BCUT2D eigenvalue weighted by molar-refractivity contribution is 5.46. The first-order valence-corrected chi connectivity index (χ1v) is 7.44. The second-order valence-electron chi connectivity index (χ2n) is 7.36. The Kier molecular flexibility index (Phi) is 3.93. The van der Waals surface area contributed by atoms with E-state index in [0.29, 0.717) is 5.92 Å².